The van der Waals surface area contributed by atoms with Crippen molar-refractivity contribution in [1.29, 1.82) is 0 Å². The number of aromatic hydroxyl groups is 1. The molecule has 0 bridgehead atoms. The number of hydrogen-bond acceptors (Lipinski definition) is 3. The predicted molar refractivity (Wildman–Crippen MR) is 142 cm³/mol. The molecule has 0 saturated carbocycles. The molecule has 0 amide bonds. The van der Waals surface area contributed by atoms with Crippen LogP contribution in [0.3, 0.4) is 0 Å². The van der Waals surface area contributed by atoms with Crippen LogP contribution in [0.25, 0.3) is 0 Å². The Morgan fingerprint density at radius 3 is 1.56 bits per heavy atom. The van der Waals surface area contributed by atoms with Crippen molar-refractivity contribution in [1.82, 2.24) is 0 Å². The second-order valence-corrected chi connectivity index (χ2v) is 9.93. The molecule has 0 spiro atoms. The van der Waals surface area contributed by atoms with E-state index in [1.807, 2.05) is 12.1 Å². The number of aliphatic imine (C=N–C) groups is 1. The molecular formula is C29H43NOS. The van der Waals surface area contributed by atoms with Gasteiger partial charge >= 0.3 is 0 Å². The molecule has 0 fully saturated rings. The first-order valence-electron chi connectivity index (χ1n) is 12.9. The number of benzene rings is 2. The largest absolute Gasteiger partial charge is 0.508 e. The number of unbranched alkanes of at least 4 members (excludes halogenated alkanes) is 14. The molecule has 0 aliphatic heterocycles. The van der Waals surface area contributed by atoms with Gasteiger partial charge in [0.1, 0.15) is 5.75 Å². The number of rotatable bonds is 18. The van der Waals surface area contributed by atoms with Gasteiger partial charge in [-0.15, -0.1) is 0 Å². The van der Waals surface area contributed by atoms with E-state index in [9.17, 15) is 5.11 Å². The molecule has 1 N–H and O–H groups in total. The summed E-state index contributed by atoms with van der Waals surface area (Å²) in [7, 11) is 0. The van der Waals surface area contributed by atoms with Gasteiger partial charge < -0.3 is 5.11 Å². The molecular weight excluding hydrogens is 410 g/mol. The maximum absolute atomic E-state index is 9.37. The Balaban J connectivity index is 1.43. The molecule has 0 radical (unpaired) electrons. The van der Waals surface area contributed by atoms with Gasteiger partial charge in [0.2, 0.25) is 0 Å². The minimum absolute atomic E-state index is 0.304. The zero-order valence-corrected chi connectivity index (χ0v) is 20.9. The van der Waals surface area contributed by atoms with E-state index in [1.54, 1.807) is 23.9 Å². The van der Waals surface area contributed by atoms with Crippen LogP contribution in [0.15, 0.2) is 63.3 Å². The summed E-state index contributed by atoms with van der Waals surface area (Å²) in [6.07, 6.45) is 22.8. The molecule has 0 atom stereocenters. The van der Waals surface area contributed by atoms with E-state index in [0.717, 1.165) is 17.0 Å². The Labute approximate surface area is 201 Å². The first-order valence-corrected chi connectivity index (χ1v) is 13.7. The summed E-state index contributed by atoms with van der Waals surface area (Å²) in [6, 6.07) is 15.7. The molecule has 3 heteroatoms. The van der Waals surface area contributed by atoms with Gasteiger partial charge in [0.25, 0.3) is 0 Å². The fraction of sp³-hybridized carbons (Fsp3) is 0.552. The van der Waals surface area contributed by atoms with Crippen LogP contribution >= 0.6 is 11.8 Å². The highest BCUT2D eigenvalue weighted by molar-refractivity contribution is 7.99. The minimum Gasteiger partial charge on any atom is -0.508 e. The Hall–Kier alpha value is -1.74. The summed E-state index contributed by atoms with van der Waals surface area (Å²) < 4.78 is 0. The number of phenolic OH excluding ortho intramolecular Hbond substituents is 1. The van der Waals surface area contributed by atoms with Crippen molar-refractivity contribution in [2.24, 2.45) is 4.99 Å². The fourth-order valence-electron chi connectivity index (χ4n) is 3.85. The quantitative estimate of drug-likeness (QED) is 0.180. The average molecular weight is 454 g/mol. The van der Waals surface area contributed by atoms with Crippen LogP contribution in [0.4, 0.5) is 5.69 Å². The van der Waals surface area contributed by atoms with Crippen molar-refractivity contribution in [3.63, 3.8) is 0 Å². The minimum atomic E-state index is 0.304. The van der Waals surface area contributed by atoms with Crippen LogP contribution in [0.5, 0.6) is 5.75 Å². The van der Waals surface area contributed by atoms with E-state index in [2.05, 4.69) is 42.4 Å². The number of nitrogens with zero attached hydrogens (tertiary/aromatic N) is 1. The van der Waals surface area contributed by atoms with Crippen LogP contribution in [-0.4, -0.2) is 11.3 Å². The highest BCUT2D eigenvalue weighted by Crippen LogP contribution is 2.30. The van der Waals surface area contributed by atoms with E-state index >= 15 is 0 Å². The zero-order chi connectivity index (χ0) is 22.7. The number of phenols is 1. The predicted octanol–water partition coefficient (Wildman–Crippen LogP) is 10.1. The van der Waals surface area contributed by atoms with Crippen LogP contribution in [0, 0.1) is 0 Å². The van der Waals surface area contributed by atoms with Crippen molar-refractivity contribution in [3.05, 3.63) is 48.5 Å². The lowest BCUT2D eigenvalue weighted by atomic mass is 10.0. The molecule has 0 aromatic heterocycles. The molecule has 0 saturated heterocycles. The van der Waals surface area contributed by atoms with E-state index in [-0.39, 0.29) is 0 Å². The first kappa shape index (κ1) is 26.5. The first-order chi connectivity index (χ1) is 15.8. The Morgan fingerprint density at radius 1 is 0.625 bits per heavy atom. The summed E-state index contributed by atoms with van der Waals surface area (Å²) >= 11 is 1.69. The van der Waals surface area contributed by atoms with Crippen LogP contribution < -0.4 is 0 Å². The third-order valence-corrected chi connectivity index (χ3v) is 6.85. The Bertz CT molecular complexity index is 724. The van der Waals surface area contributed by atoms with Gasteiger partial charge in [0, 0.05) is 16.0 Å². The van der Waals surface area contributed by atoms with Crippen molar-refractivity contribution < 1.29 is 5.11 Å². The second-order valence-electron chi connectivity index (χ2n) is 8.79. The lowest BCUT2D eigenvalue weighted by Crippen LogP contribution is -1.83. The van der Waals surface area contributed by atoms with Crippen LogP contribution in [0.2, 0.25) is 0 Å². The van der Waals surface area contributed by atoms with Crippen molar-refractivity contribution in [3.8, 4) is 5.75 Å². The third kappa shape index (κ3) is 13.0. The molecule has 2 nitrogen and oxygen atoms in total. The summed E-state index contributed by atoms with van der Waals surface area (Å²) in [5, 5.41) is 9.37. The molecule has 2 aromatic rings. The maximum atomic E-state index is 9.37. The lowest BCUT2D eigenvalue weighted by molar-refractivity contribution is 0.475. The summed E-state index contributed by atoms with van der Waals surface area (Å²) in [6.45, 7) is 2.29. The third-order valence-electron chi connectivity index (χ3n) is 5.84. The van der Waals surface area contributed by atoms with Gasteiger partial charge in [-0.2, -0.15) is 0 Å². The summed E-state index contributed by atoms with van der Waals surface area (Å²) in [5.74, 6) is 0.304. The number of hydrogen-bond donors (Lipinski definition) is 1. The van der Waals surface area contributed by atoms with Crippen LogP contribution in [0.1, 0.15) is 103 Å². The maximum Gasteiger partial charge on any atom is 0.115 e. The van der Waals surface area contributed by atoms with Crippen molar-refractivity contribution in [2.75, 3.05) is 0 Å². The van der Waals surface area contributed by atoms with Crippen molar-refractivity contribution >= 4 is 23.7 Å². The molecule has 0 heterocycles. The summed E-state index contributed by atoms with van der Waals surface area (Å²) in [5.41, 5.74) is 1.02. The lowest BCUT2D eigenvalue weighted by Gasteiger charge is -2.03. The van der Waals surface area contributed by atoms with Gasteiger partial charge in [0.05, 0.1) is 5.69 Å². The van der Waals surface area contributed by atoms with E-state index in [1.165, 1.54) is 94.8 Å². The highest BCUT2D eigenvalue weighted by atomic mass is 32.2. The standard InChI is InChI=1S/C29H43NOS/c1-2-3-4-5-6-7-8-9-10-11-12-13-14-15-16-25-30-26-17-21-28(22-18-26)32-29-23-19-27(31)20-24-29/h17-25,31H,2-16H2,1H3. The zero-order valence-electron chi connectivity index (χ0n) is 20.1. The normalized spacial score (nSPS) is 11.4. The molecule has 0 unspecified atom stereocenters. The highest BCUT2D eigenvalue weighted by Gasteiger charge is 1.98. The summed E-state index contributed by atoms with van der Waals surface area (Å²) in [4.78, 5) is 6.90. The van der Waals surface area contributed by atoms with E-state index < -0.39 is 0 Å². The van der Waals surface area contributed by atoms with Gasteiger partial charge in [-0.3, -0.25) is 4.99 Å². The van der Waals surface area contributed by atoms with Crippen molar-refractivity contribution in [2.45, 2.75) is 113 Å². The van der Waals surface area contributed by atoms with Gasteiger partial charge in [-0.05, 0) is 61.4 Å². The van der Waals surface area contributed by atoms with E-state index in [0.29, 0.717) is 5.75 Å². The monoisotopic (exact) mass is 453 g/mol. The molecule has 2 rings (SSSR count). The molecule has 0 aliphatic rings. The fourth-order valence-corrected chi connectivity index (χ4v) is 4.67. The van der Waals surface area contributed by atoms with Gasteiger partial charge in [0.15, 0.2) is 0 Å². The van der Waals surface area contributed by atoms with Crippen LogP contribution in [-0.2, 0) is 0 Å². The SMILES string of the molecule is CCCCCCCCCCCCCCCCC=Nc1ccc(Sc2ccc(O)cc2)cc1. The molecule has 2 aromatic carbocycles. The smallest absolute Gasteiger partial charge is 0.115 e. The van der Waals surface area contributed by atoms with E-state index in [4.69, 9.17) is 0 Å². The topological polar surface area (TPSA) is 32.6 Å². The Kier molecular flexibility index (Phi) is 14.7. The molecule has 32 heavy (non-hydrogen) atoms. The molecule has 176 valence electrons. The second kappa shape index (κ2) is 17.8. The average Bonchev–Trinajstić information content (AvgIpc) is 2.81. The van der Waals surface area contributed by atoms with Gasteiger partial charge in [-0.25, -0.2) is 0 Å². The van der Waals surface area contributed by atoms with Gasteiger partial charge in [-0.1, -0.05) is 102 Å². The molecule has 0 aliphatic carbocycles. The Morgan fingerprint density at radius 2 is 1.06 bits per heavy atom.